The molecule has 0 unspecified atom stereocenters. The lowest BCUT2D eigenvalue weighted by Crippen LogP contribution is -2.13. The Labute approximate surface area is 110 Å². The molecule has 0 bridgehead atoms. The van der Waals surface area contributed by atoms with E-state index in [9.17, 15) is 8.78 Å². The van der Waals surface area contributed by atoms with Crippen molar-refractivity contribution in [3.8, 4) is 11.4 Å². The predicted molar refractivity (Wildman–Crippen MR) is 69.5 cm³/mol. The Morgan fingerprint density at radius 3 is 2.32 bits per heavy atom. The molecule has 2 N–H and O–H groups in total. The van der Waals surface area contributed by atoms with Gasteiger partial charge in [0.1, 0.15) is 11.6 Å². The summed E-state index contributed by atoms with van der Waals surface area (Å²) in [6.45, 7) is 5.88. The summed E-state index contributed by atoms with van der Waals surface area (Å²) in [7, 11) is 1.66. The van der Waals surface area contributed by atoms with Crippen molar-refractivity contribution in [2.75, 3.05) is 5.73 Å². The maximum Gasteiger partial charge on any atom is 0.161 e. The van der Waals surface area contributed by atoms with Gasteiger partial charge in [-0.2, -0.15) is 5.10 Å². The van der Waals surface area contributed by atoms with E-state index in [0.29, 0.717) is 11.6 Å². The molecule has 4 nitrogen and oxygen atoms in total. The number of hydrogen-bond acceptors (Lipinski definition) is 3. The lowest BCUT2D eigenvalue weighted by Gasteiger charge is -2.12. The van der Waals surface area contributed by atoms with Crippen LogP contribution in [0.3, 0.4) is 0 Å². The van der Waals surface area contributed by atoms with Crippen molar-refractivity contribution in [1.82, 2.24) is 14.8 Å². The topological polar surface area (TPSA) is 56.7 Å². The molecule has 2 rings (SSSR count). The van der Waals surface area contributed by atoms with Crippen LogP contribution in [0.2, 0.25) is 0 Å². The number of anilines is 1. The zero-order valence-corrected chi connectivity index (χ0v) is 11.3. The van der Waals surface area contributed by atoms with Gasteiger partial charge in [-0.3, -0.25) is 0 Å². The number of nitrogen functional groups attached to an aromatic ring is 1. The number of hydrogen-bond donors (Lipinski definition) is 1. The summed E-state index contributed by atoms with van der Waals surface area (Å²) in [5, 5.41) is 4.26. The number of aromatic nitrogens is 3. The third-order valence-electron chi connectivity index (χ3n) is 2.76. The summed E-state index contributed by atoms with van der Waals surface area (Å²) < 4.78 is 28.5. The average Bonchev–Trinajstić information content (AvgIpc) is 2.65. The molecule has 19 heavy (non-hydrogen) atoms. The van der Waals surface area contributed by atoms with Crippen LogP contribution < -0.4 is 5.73 Å². The molecule has 0 amide bonds. The smallest absolute Gasteiger partial charge is 0.161 e. The molecule has 0 aliphatic rings. The fraction of sp³-hybridized carbons (Fsp3) is 0.385. The highest BCUT2D eigenvalue weighted by molar-refractivity contribution is 5.62. The minimum Gasteiger partial charge on any atom is -0.396 e. The highest BCUT2D eigenvalue weighted by Crippen LogP contribution is 2.27. The van der Waals surface area contributed by atoms with Crippen LogP contribution in [-0.4, -0.2) is 14.8 Å². The molecule has 1 heterocycles. The van der Waals surface area contributed by atoms with Crippen molar-refractivity contribution in [2.45, 2.75) is 26.2 Å². The van der Waals surface area contributed by atoms with Gasteiger partial charge in [0.2, 0.25) is 0 Å². The Bertz CT molecular complexity index is 626. The number of halogens is 2. The van der Waals surface area contributed by atoms with Crippen LogP contribution in [0.5, 0.6) is 0 Å². The van der Waals surface area contributed by atoms with E-state index in [1.54, 1.807) is 7.05 Å². The van der Waals surface area contributed by atoms with Crippen LogP contribution in [0.1, 0.15) is 26.6 Å². The van der Waals surface area contributed by atoms with Gasteiger partial charge in [0, 0.05) is 18.5 Å². The fourth-order valence-electron chi connectivity index (χ4n) is 1.67. The van der Waals surface area contributed by atoms with Gasteiger partial charge in [0.25, 0.3) is 0 Å². The van der Waals surface area contributed by atoms with Gasteiger partial charge in [-0.15, -0.1) is 0 Å². The predicted octanol–water partition coefficient (Wildman–Crippen LogP) is 2.64. The Balaban J connectivity index is 2.60. The standard InChI is InChI=1S/C13H16F2N4/c1-13(2,3)12-17-11(19(4)18-12)7-5-10(16)9(15)6-8(7)14/h5-6H,16H2,1-4H3. The third kappa shape index (κ3) is 2.43. The van der Waals surface area contributed by atoms with Gasteiger partial charge >= 0.3 is 0 Å². The van der Waals surface area contributed by atoms with E-state index >= 15 is 0 Å². The van der Waals surface area contributed by atoms with E-state index in [2.05, 4.69) is 10.1 Å². The molecule has 1 aromatic carbocycles. The largest absolute Gasteiger partial charge is 0.396 e. The Morgan fingerprint density at radius 2 is 1.79 bits per heavy atom. The molecule has 0 radical (unpaired) electrons. The number of nitrogens with two attached hydrogens (primary N) is 1. The van der Waals surface area contributed by atoms with Crippen molar-refractivity contribution in [2.24, 2.45) is 7.05 Å². The van der Waals surface area contributed by atoms with Gasteiger partial charge < -0.3 is 5.73 Å². The maximum absolute atomic E-state index is 13.8. The van der Waals surface area contributed by atoms with Crippen LogP contribution >= 0.6 is 0 Å². The zero-order chi connectivity index (χ0) is 14.4. The van der Waals surface area contributed by atoms with Gasteiger partial charge in [-0.25, -0.2) is 18.4 Å². The quantitative estimate of drug-likeness (QED) is 0.807. The normalized spacial score (nSPS) is 11.9. The van der Waals surface area contributed by atoms with Gasteiger partial charge in [-0.05, 0) is 6.07 Å². The Kier molecular flexibility index (Phi) is 3.04. The monoisotopic (exact) mass is 266 g/mol. The molecule has 102 valence electrons. The third-order valence-corrected chi connectivity index (χ3v) is 2.76. The number of rotatable bonds is 1. The first-order chi connectivity index (χ1) is 8.70. The molecular formula is C13H16F2N4. The zero-order valence-electron chi connectivity index (χ0n) is 11.3. The van der Waals surface area contributed by atoms with Crippen molar-refractivity contribution in [1.29, 1.82) is 0 Å². The first-order valence-corrected chi connectivity index (χ1v) is 5.86. The van der Waals surface area contributed by atoms with Gasteiger partial charge in [0.05, 0.1) is 11.3 Å². The second-order valence-corrected chi connectivity index (χ2v) is 5.49. The van der Waals surface area contributed by atoms with Crippen molar-refractivity contribution < 1.29 is 8.78 Å². The second kappa shape index (κ2) is 4.29. The van der Waals surface area contributed by atoms with Crippen LogP contribution in [0.15, 0.2) is 12.1 Å². The molecule has 0 fully saturated rings. The van der Waals surface area contributed by atoms with E-state index in [1.165, 1.54) is 10.7 Å². The molecule has 0 saturated carbocycles. The minimum absolute atomic E-state index is 0.114. The van der Waals surface area contributed by atoms with E-state index in [4.69, 9.17) is 5.73 Å². The second-order valence-electron chi connectivity index (χ2n) is 5.49. The molecule has 6 heteroatoms. The summed E-state index contributed by atoms with van der Waals surface area (Å²) in [4.78, 5) is 4.32. The molecule has 0 saturated heterocycles. The molecule has 0 atom stereocenters. The van der Waals surface area contributed by atoms with E-state index in [0.717, 1.165) is 6.07 Å². The highest BCUT2D eigenvalue weighted by Gasteiger charge is 2.23. The molecular weight excluding hydrogens is 250 g/mol. The lowest BCUT2D eigenvalue weighted by molar-refractivity contribution is 0.538. The average molecular weight is 266 g/mol. The summed E-state index contributed by atoms with van der Waals surface area (Å²) in [6.07, 6.45) is 0. The lowest BCUT2D eigenvalue weighted by atomic mass is 9.96. The fourth-order valence-corrected chi connectivity index (χ4v) is 1.67. The first-order valence-electron chi connectivity index (χ1n) is 5.86. The minimum atomic E-state index is -0.778. The first kappa shape index (κ1) is 13.5. The van der Waals surface area contributed by atoms with E-state index < -0.39 is 11.6 Å². The Hall–Kier alpha value is -1.98. The summed E-state index contributed by atoms with van der Waals surface area (Å²) in [5.74, 6) is -0.566. The van der Waals surface area contributed by atoms with Crippen molar-refractivity contribution >= 4 is 5.69 Å². The van der Waals surface area contributed by atoms with Crippen molar-refractivity contribution in [3.05, 3.63) is 29.6 Å². The SMILES string of the molecule is Cn1nc(C(C)(C)C)nc1-c1cc(N)c(F)cc1F. The van der Waals surface area contributed by atoms with Crippen molar-refractivity contribution in [3.63, 3.8) is 0 Å². The van der Waals surface area contributed by atoms with Crippen LogP contribution in [0.25, 0.3) is 11.4 Å². The molecule has 2 aromatic rings. The van der Waals surface area contributed by atoms with E-state index in [1.807, 2.05) is 20.8 Å². The van der Waals surface area contributed by atoms with Gasteiger partial charge in [0.15, 0.2) is 11.6 Å². The van der Waals surface area contributed by atoms with Crippen LogP contribution in [0, 0.1) is 11.6 Å². The molecule has 1 aromatic heterocycles. The molecule has 0 aliphatic carbocycles. The highest BCUT2D eigenvalue weighted by atomic mass is 19.1. The summed E-state index contributed by atoms with van der Waals surface area (Å²) >= 11 is 0. The van der Waals surface area contributed by atoms with E-state index in [-0.39, 0.29) is 16.7 Å². The summed E-state index contributed by atoms with van der Waals surface area (Å²) in [6, 6.07) is 2.00. The number of benzene rings is 1. The maximum atomic E-state index is 13.8. The Morgan fingerprint density at radius 1 is 1.16 bits per heavy atom. The number of nitrogens with zero attached hydrogens (tertiary/aromatic N) is 3. The van der Waals surface area contributed by atoms with Crippen LogP contribution in [-0.2, 0) is 12.5 Å². The van der Waals surface area contributed by atoms with Gasteiger partial charge in [-0.1, -0.05) is 20.8 Å². The molecule has 0 spiro atoms. The molecule has 0 aliphatic heterocycles. The number of aryl methyl sites for hydroxylation is 1. The summed E-state index contributed by atoms with van der Waals surface area (Å²) in [5.41, 5.74) is 5.25. The van der Waals surface area contributed by atoms with Crippen LogP contribution in [0.4, 0.5) is 14.5 Å².